The molecule has 0 bridgehead atoms. The van der Waals surface area contributed by atoms with Gasteiger partial charge in [-0.25, -0.2) is 0 Å². The highest BCUT2D eigenvalue weighted by molar-refractivity contribution is 6.07. The molecule has 0 aliphatic carbocycles. The molecule has 0 saturated heterocycles. The summed E-state index contributed by atoms with van der Waals surface area (Å²) in [6, 6.07) is 43.0. The minimum Gasteiger partial charge on any atom is -0.456 e. The van der Waals surface area contributed by atoms with E-state index in [-0.39, 0.29) is 11.0 Å². The van der Waals surface area contributed by atoms with Crippen molar-refractivity contribution in [1.82, 2.24) is 0 Å². The van der Waals surface area contributed by atoms with E-state index < -0.39 is 0 Å². The molecule has 0 saturated carbocycles. The Bertz CT molecular complexity index is 2400. The summed E-state index contributed by atoms with van der Waals surface area (Å²) < 4.78 is 11.9. The second-order valence-corrected chi connectivity index (χ2v) is 14.7. The second kappa shape index (κ2) is 11.8. The van der Waals surface area contributed by atoms with Crippen LogP contribution in [0.5, 0.6) is 0 Å². The summed E-state index contributed by atoms with van der Waals surface area (Å²) in [5.41, 5.74) is 13.4. The highest BCUT2D eigenvalue weighted by atomic mass is 16.3. The largest absolute Gasteiger partial charge is 0.456 e. The lowest BCUT2D eigenvalue weighted by Crippen LogP contribution is -2.74. The van der Waals surface area contributed by atoms with Gasteiger partial charge in [-0.15, -0.1) is 0 Å². The lowest BCUT2D eigenvalue weighted by molar-refractivity contribution is -0.786. The minimum atomic E-state index is -0.365. The third kappa shape index (κ3) is 4.22. The lowest BCUT2D eigenvalue weighted by Gasteiger charge is -2.50. The SMILES string of the molecule is CCCCC(C)c1cc2[n+](cc1-c1ccccc1)C(CC)(CC)C1(C[n+]3ccccc3-c3cc4c(cc31)oc1ccccc14)c1ccccc1-2. The average Bonchev–Trinajstić information content (AvgIpc) is 3.54. The zero-order valence-corrected chi connectivity index (χ0v) is 29.7. The van der Waals surface area contributed by atoms with Crippen LogP contribution < -0.4 is 9.13 Å². The zero-order valence-electron chi connectivity index (χ0n) is 29.7. The smallest absolute Gasteiger partial charge is 0.213 e. The highest BCUT2D eigenvalue weighted by Crippen LogP contribution is 2.58. The first-order chi connectivity index (χ1) is 24.5. The zero-order chi connectivity index (χ0) is 34.0. The molecular formula is C47H46N2O+2. The summed E-state index contributed by atoms with van der Waals surface area (Å²) >= 11 is 0. The van der Waals surface area contributed by atoms with E-state index in [4.69, 9.17) is 4.42 Å². The van der Waals surface area contributed by atoms with Gasteiger partial charge in [-0.2, -0.15) is 9.13 Å². The predicted octanol–water partition coefficient (Wildman–Crippen LogP) is 11.3. The highest BCUT2D eigenvalue weighted by Gasteiger charge is 2.67. The summed E-state index contributed by atoms with van der Waals surface area (Å²) in [6.45, 7) is 10.4. The number of aromatic nitrogens is 2. The summed E-state index contributed by atoms with van der Waals surface area (Å²) in [7, 11) is 0. The van der Waals surface area contributed by atoms with Gasteiger partial charge in [-0.1, -0.05) is 107 Å². The van der Waals surface area contributed by atoms with Crippen molar-refractivity contribution in [1.29, 1.82) is 0 Å². The summed E-state index contributed by atoms with van der Waals surface area (Å²) in [5, 5.41) is 2.35. The van der Waals surface area contributed by atoms with Gasteiger partial charge in [0.25, 0.3) is 0 Å². The molecule has 0 amide bonds. The van der Waals surface area contributed by atoms with E-state index in [0.29, 0.717) is 5.92 Å². The van der Waals surface area contributed by atoms with E-state index in [9.17, 15) is 0 Å². The van der Waals surface area contributed by atoms with Gasteiger partial charge in [0.2, 0.25) is 11.4 Å². The van der Waals surface area contributed by atoms with Gasteiger partial charge in [-0.3, -0.25) is 0 Å². The van der Waals surface area contributed by atoms with Crippen LogP contribution in [0.15, 0.2) is 132 Å². The molecule has 1 spiro atoms. The topological polar surface area (TPSA) is 20.9 Å². The molecule has 50 heavy (non-hydrogen) atoms. The van der Waals surface area contributed by atoms with E-state index in [0.717, 1.165) is 30.6 Å². The molecule has 4 aromatic carbocycles. The number of nitrogens with zero attached hydrogens (tertiary/aromatic N) is 2. The molecule has 248 valence electrons. The Labute approximate surface area is 295 Å². The Morgan fingerprint density at radius 3 is 2.26 bits per heavy atom. The second-order valence-electron chi connectivity index (χ2n) is 14.7. The first-order valence-corrected chi connectivity index (χ1v) is 18.7. The van der Waals surface area contributed by atoms with Crippen molar-refractivity contribution in [3.8, 4) is 33.6 Å². The number of pyridine rings is 2. The summed E-state index contributed by atoms with van der Waals surface area (Å²) in [6.07, 6.45) is 10.4. The molecule has 3 heteroatoms. The van der Waals surface area contributed by atoms with Crippen LogP contribution in [-0.2, 0) is 17.5 Å². The molecule has 0 N–H and O–H groups in total. The number of furan rings is 1. The summed E-state index contributed by atoms with van der Waals surface area (Å²) in [5.74, 6) is 0.455. The van der Waals surface area contributed by atoms with Crippen LogP contribution >= 0.6 is 0 Å². The van der Waals surface area contributed by atoms with Crippen LogP contribution in [-0.4, -0.2) is 0 Å². The maximum absolute atomic E-state index is 6.67. The van der Waals surface area contributed by atoms with Crippen LogP contribution in [0.3, 0.4) is 0 Å². The number of unbranched alkanes of at least 4 members (excludes halogenated alkanes) is 1. The van der Waals surface area contributed by atoms with Crippen LogP contribution in [0, 0.1) is 0 Å². The first kappa shape index (κ1) is 31.0. The Kier molecular flexibility index (Phi) is 7.31. The Balaban J connectivity index is 1.41. The molecule has 0 fully saturated rings. The van der Waals surface area contributed by atoms with Gasteiger partial charge >= 0.3 is 0 Å². The van der Waals surface area contributed by atoms with Crippen LogP contribution in [0.25, 0.3) is 55.6 Å². The molecule has 5 heterocycles. The van der Waals surface area contributed by atoms with Gasteiger partial charge < -0.3 is 4.42 Å². The number of para-hydroxylation sites is 1. The predicted molar refractivity (Wildman–Crippen MR) is 204 cm³/mol. The first-order valence-electron chi connectivity index (χ1n) is 18.7. The molecule has 9 rings (SSSR count). The van der Waals surface area contributed by atoms with E-state index in [2.05, 4.69) is 164 Å². The summed E-state index contributed by atoms with van der Waals surface area (Å²) in [4.78, 5) is 0. The van der Waals surface area contributed by atoms with E-state index in [1.165, 1.54) is 80.4 Å². The van der Waals surface area contributed by atoms with Crippen LogP contribution in [0.1, 0.15) is 82.4 Å². The molecule has 2 aliphatic heterocycles. The van der Waals surface area contributed by atoms with Gasteiger partial charge in [0.15, 0.2) is 24.5 Å². The van der Waals surface area contributed by atoms with Crippen molar-refractivity contribution in [2.75, 3.05) is 0 Å². The van der Waals surface area contributed by atoms with Crippen molar-refractivity contribution < 1.29 is 13.6 Å². The molecule has 0 radical (unpaired) electrons. The third-order valence-electron chi connectivity index (χ3n) is 12.4. The van der Waals surface area contributed by atoms with Crippen molar-refractivity contribution in [3.63, 3.8) is 0 Å². The maximum Gasteiger partial charge on any atom is 0.213 e. The number of hydrogen-bond donors (Lipinski definition) is 0. The molecule has 3 nitrogen and oxygen atoms in total. The fourth-order valence-electron chi connectivity index (χ4n) is 9.95. The molecular weight excluding hydrogens is 609 g/mol. The Morgan fingerprint density at radius 1 is 0.680 bits per heavy atom. The maximum atomic E-state index is 6.67. The monoisotopic (exact) mass is 654 g/mol. The van der Waals surface area contributed by atoms with Gasteiger partial charge in [0.05, 0.1) is 11.1 Å². The quantitative estimate of drug-likeness (QED) is 0.157. The molecule has 2 unspecified atom stereocenters. The van der Waals surface area contributed by atoms with Gasteiger partial charge in [0.1, 0.15) is 16.6 Å². The van der Waals surface area contributed by atoms with Gasteiger partial charge in [0, 0.05) is 47.4 Å². The van der Waals surface area contributed by atoms with Crippen molar-refractivity contribution in [2.24, 2.45) is 0 Å². The van der Waals surface area contributed by atoms with Crippen molar-refractivity contribution in [2.45, 2.75) is 83.2 Å². The fraction of sp³-hybridized carbons (Fsp3) is 0.277. The number of benzene rings is 4. The van der Waals surface area contributed by atoms with E-state index in [1.807, 2.05) is 0 Å². The Morgan fingerprint density at radius 2 is 1.44 bits per heavy atom. The minimum absolute atomic E-state index is 0.264. The van der Waals surface area contributed by atoms with E-state index >= 15 is 0 Å². The average molecular weight is 655 g/mol. The fourth-order valence-corrected chi connectivity index (χ4v) is 9.95. The van der Waals surface area contributed by atoms with Crippen LogP contribution in [0.4, 0.5) is 0 Å². The third-order valence-corrected chi connectivity index (χ3v) is 12.4. The van der Waals surface area contributed by atoms with Crippen molar-refractivity contribution in [3.05, 3.63) is 144 Å². The van der Waals surface area contributed by atoms with E-state index in [1.54, 1.807) is 0 Å². The lowest BCUT2D eigenvalue weighted by atomic mass is 9.54. The number of fused-ring (bicyclic) bond motifs is 11. The number of hydrogen-bond acceptors (Lipinski definition) is 1. The standard InChI is InChI=1S/C47H46N2O/c1-5-8-18-32(4)36-28-43-35-22-12-14-23-40(35)47(46(6-2,7-3)49(43)30-39(36)33-19-10-9-11-20-33)31-48-26-17-16-24-42(48)38-27-37-34-21-13-15-25-44(34)50-45(37)29-41(38)47/h9-17,19-30,32H,5-8,18,31H2,1-4H3/q+2. The number of rotatable bonds is 7. The molecule has 2 atom stereocenters. The Hall–Kier alpha value is -5.02. The molecule has 2 aliphatic rings. The van der Waals surface area contributed by atoms with Crippen LogP contribution in [0.2, 0.25) is 0 Å². The van der Waals surface area contributed by atoms with Crippen molar-refractivity contribution >= 4 is 21.9 Å². The normalized spacial score (nSPS) is 17.7. The molecule has 7 aromatic rings. The molecule has 3 aromatic heterocycles. The van der Waals surface area contributed by atoms with Gasteiger partial charge in [-0.05, 0) is 64.9 Å².